The van der Waals surface area contributed by atoms with E-state index in [9.17, 15) is 4.79 Å². The van der Waals surface area contributed by atoms with Gasteiger partial charge in [-0.3, -0.25) is 14.4 Å². The molecule has 0 saturated heterocycles. The Morgan fingerprint density at radius 1 is 1.07 bits per heavy atom. The van der Waals surface area contributed by atoms with E-state index in [0.717, 1.165) is 27.0 Å². The normalized spacial score (nSPS) is 11.4. The Labute approximate surface area is 181 Å². The number of nitrogens with zero attached hydrogens (tertiary/aromatic N) is 4. The fourth-order valence-corrected chi connectivity index (χ4v) is 4.67. The minimum absolute atomic E-state index is 0.0810. The van der Waals surface area contributed by atoms with Gasteiger partial charge in [-0.25, -0.2) is 4.98 Å². The molecule has 30 heavy (non-hydrogen) atoms. The Kier molecular flexibility index (Phi) is 5.43. The fraction of sp³-hybridized carbons (Fsp3) is 0.292. The molecule has 154 valence electrons. The van der Waals surface area contributed by atoms with Gasteiger partial charge in [0.25, 0.3) is 5.91 Å². The molecule has 0 aliphatic heterocycles. The maximum Gasteiger partial charge on any atom is 0.278 e. The van der Waals surface area contributed by atoms with Gasteiger partial charge < -0.3 is 0 Å². The molecule has 0 fully saturated rings. The molecule has 0 radical (unpaired) electrons. The van der Waals surface area contributed by atoms with Crippen molar-refractivity contribution in [3.63, 3.8) is 0 Å². The Morgan fingerprint density at radius 3 is 2.43 bits per heavy atom. The van der Waals surface area contributed by atoms with Crippen LogP contribution in [0.15, 0.2) is 48.5 Å². The van der Waals surface area contributed by atoms with Crippen LogP contribution in [0, 0.1) is 20.8 Å². The Bertz CT molecular complexity index is 1170. The number of anilines is 1. The standard InChI is InChI=1S/C24H26N4OS/c1-15(2)28-20(13-18(5)26-28)23(29)27(14-19-9-7-6-8-10-19)24-25-21-16(3)11-12-17(4)22(21)30-24/h6-13,15H,14H2,1-5H3. The van der Waals surface area contributed by atoms with Crippen molar-refractivity contribution < 1.29 is 4.79 Å². The first-order valence-corrected chi connectivity index (χ1v) is 11.0. The molecule has 0 aliphatic rings. The highest BCUT2D eigenvalue weighted by Gasteiger charge is 2.26. The van der Waals surface area contributed by atoms with Crippen LogP contribution in [-0.2, 0) is 6.54 Å². The highest BCUT2D eigenvalue weighted by molar-refractivity contribution is 7.22. The second-order valence-electron chi connectivity index (χ2n) is 7.96. The van der Waals surface area contributed by atoms with Crippen LogP contribution in [0.25, 0.3) is 10.2 Å². The number of fused-ring (bicyclic) bond motifs is 1. The SMILES string of the molecule is Cc1cc(C(=O)N(Cc2ccccc2)c2nc3c(C)ccc(C)c3s2)n(C(C)C)n1. The average molecular weight is 419 g/mol. The van der Waals surface area contributed by atoms with Crippen molar-refractivity contribution in [1.29, 1.82) is 0 Å². The first-order valence-electron chi connectivity index (χ1n) is 10.1. The fourth-order valence-electron chi connectivity index (χ4n) is 3.56. The van der Waals surface area contributed by atoms with Crippen LogP contribution in [0.3, 0.4) is 0 Å². The minimum atomic E-state index is -0.0810. The minimum Gasteiger partial charge on any atom is -0.278 e. The van der Waals surface area contributed by atoms with Crippen molar-refractivity contribution in [2.24, 2.45) is 0 Å². The monoisotopic (exact) mass is 418 g/mol. The van der Waals surface area contributed by atoms with Gasteiger partial charge in [-0.05, 0) is 57.4 Å². The molecular formula is C24H26N4OS. The van der Waals surface area contributed by atoms with E-state index in [1.165, 1.54) is 5.56 Å². The molecule has 0 unspecified atom stereocenters. The summed E-state index contributed by atoms with van der Waals surface area (Å²) >= 11 is 1.57. The lowest BCUT2D eigenvalue weighted by atomic mass is 10.1. The molecule has 0 atom stereocenters. The summed E-state index contributed by atoms with van der Waals surface area (Å²) in [6, 6.07) is 16.2. The molecule has 4 rings (SSSR count). The van der Waals surface area contributed by atoms with E-state index in [1.807, 2.05) is 57.2 Å². The molecule has 6 heteroatoms. The van der Waals surface area contributed by atoms with Crippen LogP contribution < -0.4 is 4.90 Å². The molecule has 2 heterocycles. The van der Waals surface area contributed by atoms with Crippen molar-refractivity contribution >= 4 is 32.6 Å². The zero-order chi connectivity index (χ0) is 21.4. The predicted molar refractivity (Wildman–Crippen MR) is 123 cm³/mol. The van der Waals surface area contributed by atoms with E-state index in [-0.39, 0.29) is 11.9 Å². The van der Waals surface area contributed by atoms with Crippen LogP contribution in [0.5, 0.6) is 0 Å². The van der Waals surface area contributed by atoms with Gasteiger partial charge in [0, 0.05) is 6.04 Å². The molecule has 0 saturated carbocycles. The first kappa shape index (κ1) is 20.3. The third kappa shape index (κ3) is 3.75. The van der Waals surface area contributed by atoms with Crippen LogP contribution in [0.4, 0.5) is 5.13 Å². The summed E-state index contributed by atoms with van der Waals surface area (Å²) < 4.78 is 2.93. The lowest BCUT2D eigenvalue weighted by molar-refractivity contribution is 0.0973. The topological polar surface area (TPSA) is 51.0 Å². The average Bonchev–Trinajstić information content (AvgIpc) is 3.34. The highest BCUT2D eigenvalue weighted by Crippen LogP contribution is 2.34. The lowest BCUT2D eigenvalue weighted by Gasteiger charge is -2.21. The second kappa shape index (κ2) is 8.03. The van der Waals surface area contributed by atoms with Gasteiger partial charge in [-0.1, -0.05) is 53.8 Å². The third-order valence-corrected chi connectivity index (χ3v) is 6.37. The van der Waals surface area contributed by atoms with Gasteiger partial charge in [0.05, 0.1) is 22.5 Å². The summed E-state index contributed by atoms with van der Waals surface area (Å²) in [5.41, 5.74) is 5.75. The molecule has 4 aromatic rings. The van der Waals surface area contributed by atoms with Crippen molar-refractivity contribution in [2.75, 3.05) is 4.90 Å². The van der Waals surface area contributed by atoms with Gasteiger partial charge in [0.15, 0.2) is 5.13 Å². The first-order chi connectivity index (χ1) is 14.3. The van der Waals surface area contributed by atoms with Gasteiger partial charge in [0.1, 0.15) is 5.69 Å². The maximum absolute atomic E-state index is 13.8. The largest absolute Gasteiger partial charge is 0.278 e. The molecule has 0 spiro atoms. The van der Waals surface area contributed by atoms with Crippen LogP contribution in [0.1, 0.15) is 52.8 Å². The Morgan fingerprint density at radius 2 is 1.77 bits per heavy atom. The summed E-state index contributed by atoms with van der Waals surface area (Å²) in [7, 11) is 0. The molecule has 0 bridgehead atoms. The Balaban J connectivity index is 1.84. The number of hydrogen-bond acceptors (Lipinski definition) is 4. The lowest BCUT2D eigenvalue weighted by Crippen LogP contribution is -2.32. The molecular weight excluding hydrogens is 392 g/mol. The number of benzene rings is 2. The smallest absolute Gasteiger partial charge is 0.278 e. The van der Waals surface area contributed by atoms with Crippen LogP contribution in [0.2, 0.25) is 0 Å². The third-order valence-electron chi connectivity index (χ3n) is 5.16. The van der Waals surface area contributed by atoms with Gasteiger partial charge in [-0.2, -0.15) is 5.10 Å². The molecule has 0 aliphatic carbocycles. The molecule has 2 aromatic heterocycles. The van der Waals surface area contributed by atoms with Crippen molar-refractivity contribution in [3.8, 4) is 0 Å². The van der Waals surface area contributed by atoms with Gasteiger partial charge >= 0.3 is 0 Å². The second-order valence-corrected chi connectivity index (χ2v) is 8.94. The molecule has 5 nitrogen and oxygen atoms in total. The number of hydrogen-bond donors (Lipinski definition) is 0. The van der Waals surface area contributed by atoms with E-state index in [2.05, 4.69) is 31.1 Å². The zero-order valence-electron chi connectivity index (χ0n) is 18.0. The zero-order valence-corrected chi connectivity index (χ0v) is 18.8. The highest BCUT2D eigenvalue weighted by atomic mass is 32.1. The van der Waals surface area contributed by atoms with Crippen molar-refractivity contribution in [1.82, 2.24) is 14.8 Å². The summed E-state index contributed by atoms with van der Waals surface area (Å²) in [5.74, 6) is -0.0810. The van der Waals surface area contributed by atoms with E-state index in [0.29, 0.717) is 17.4 Å². The number of aryl methyl sites for hydroxylation is 3. The summed E-state index contributed by atoms with van der Waals surface area (Å²) in [6.45, 7) is 10.6. The van der Waals surface area contributed by atoms with Crippen molar-refractivity contribution in [3.05, 3.63) is 76.6 Å². The summed E-state index contributed by atoms with van der Waals surface area (Å²) in [5, 5.41) is 5.25. The number of thiazole rings is 1. The predicted octanol–water partition coefficient (Wildman–Crippen LogP) is 5.85. The maximum atomic E-state index is 13.8. The number of carbonyl (C=O) groups excluding carboxylic acids is 1. The van der Waals surface area contributed by atoms with E-state index in [1.54, 1.807) is 20.9 Å². The number of amides is 1. The number of carbonyl (C=O) groups is 1. The molecule has 1 amide bonds. The van der Waals surface area contributed by atoms with Gasteiger partial charge in [0.2, 0.25) is 0 Å². The van der Waals surface area contributed by atoms with Crippen molar-refractivity contribution in [2.45, 2.75) is 47.2 Å². The van der Waals surface area contributed by atoms with E-state index >= 15 is 0 Å². The van der Waals surface area contributed by atoms with Crippen LogP contribution >= 0.6 is 11.3 Å². The molecule has 2 aromatic carbocycles. The van der Waals surface area contributed by atoms with E-state index < -0.39 is 0 Å². The quantitative estimate of drug-likeness (QED) is 0.409. The number of rotatable bonds is 5. The Hall–Kier alpha value is -2.99. The van der Waals surface area contributed by atoms with Gasteiger partial charge in [-0.15, -0.1) is 0 Å². The van der Waals surface area contributed by atoms with Crippen LogP contribution in [-0.4, -0.2) is 20.7 Å². The number of aromatic nitrogens is 3. The molecule has 0 N–H and O–H groups in total. The summed E-state index contributed by atoms with van der Waals surface area (Å²) in [4.78, 5) is 20.4. The summed E-state index contributed by atoms with van der Waals surface area (Å²) in [6.07, 6.45) is 0. The van der Waals surface area contributed by atoms with E-state index in [4.69, 9.17) is 4.98 Å².